The first kappa shape index (κ1) is 33.5. The molecule has 2 aromatic heterocycles. The molecule has 0 aliphatic rings. The summed E-state index contributed by atoms with van der Waals surface area (Å²) in [7, 11) is 0. The highest BCUT2D eigenvalue weighted by atomic mass is 15.1. The van der Waals surface area contributed by atoms with Crippen LogP contribution in [0.3, 0.4) is 0 Å². The van der Waals surface area contributed by atoms with E-state index in [0.29, 0.717) is 5.92 Å². The van der Waals surface area contributed by atoms with Crippen LogP contribution in [0.2, 0.25) is 0 Å². The maximum Gasteiger partial charge on any atom is 0.0372 e. The summed E-state index contributed by atoms with van der Waals surface area (Å²) in [4.78, 5) is 10.8. The van der Waals surface area contributed by atoms with E-state index < -0.39 is 0 Å². The van der Waals surface area contributed by atoms with Crippen molar-refractivity contribution in [3.63, 3.8) is 0 Å². The minimum atomic E-state index is 0.627. The molecule has 0 saturated heterocycles. The van der Waals surface area contributed by atoms with Crippen LogP contribution in [0.4, 0.5) is 0 Å². The van der Waals surface area contributed by atoms with E-state index >= 15 is 0 Å². The maximum atomic E-state index is 4.26. The Kier molecular flexibility index (Phi) is 17.2. The van der Waals surface area contributed by atoms with Gasteiger partial charge in [0.2, 0.25) is 0 Å². The summed E-state index contributed by atoms with van der Waals surface area (Å²) >= 11 is 0. The van der Waals surface area contributed by atoms with E-state index in [1.807, 2.05) is 31.6 Å². The van der Waals surface area contributed by atoms with Crippen LogP contribution >= 0.6 is 0 Å². The Hall–Kier alpha value is -2.52. The highest BCUT2D eigenvalue weighted by molar-refractivity contribution is 5.25. The maximum absolute atomic E-state index is 4.26. The van der Waals surface area contributed by atoms with Gasteiger partial charge in [-0.05, 0) is 97.8 Å². The Balaban J connectivity index is 0.000000289. The first-order valence-corrected chi connectivity index (χ1v) is 14.8. The number of aryl methyl sites for hydroxylation is 3. The van der Waals surface area contributed by atoms with Gasteiger partial charge in [-0.2, -0.15) is 0 Å². The Morgan fingerprint density at radius 2 is 1.32 bits per heavy atom. The van der Waals surface area contributed by atoms with Crippen LogP contribution in [0.25, 0.3) is 0 Å². The first-order valence-electron chi connectivity index (χ1n) is 14.8. The molecule has 0 bridgehead atoms. The van der Waals surface area contributed by atoms with Gasteiger partial charge in [0.15, 0.2) is 0 Å². The second-order valence-corrected chi connectivity index (χ2v) is 11.4. The SMILES string of the molecule is CC(C)CCc1cccnc1.CCN(CC)Cc1cccc(C(C)C)c1.Cc1ccc(CCC(C)C)cn1. The second kappa shape index (κ2) is 19.5. The van der Waals surface area contributed by atoms with E-state index in [0.717, 1.165) is 50.0 Å². The van der Waals surface area contributed by atoms with Gasteiger partial charge < -0.3 is 0 Å². The third-order valence-corrected chi connectivity index (χ3v) is 6.63. The molecule has 1 aromatic carbocycles. The predicted molar refractivity (Wildman–Crippen MR) is 167 cm³/mol. The lowest BCUT2D eigenvalue weighted by Crippen LogP contribution is -2.22. The molecule has 3 heteroatoms. The normalized spacial score (nSPS) is 10.9. The van der Waals surface area contributed by atoms with E-state index in [2.05, 4.69) is 113 Å². The Morgan fingerprint density at radius 1 is 0.711 bits per heavy atom. The van der Waals surface area contributed by atoms with Gasteiger partial charge in [0.25, 0.3) is 0 Å². The van der Waals surface area contributed by atoms with Crippen molar-refractivity contribution in [2.24, 2.45) is 11.8 Å². The minimum Gasteiger partial charge on any atom is -0.300 e. The van der Waals surface area contributed by atoms with E-state index in [1.165, 1.54) is 35.1 Å². The number of aromatic nitrogens is 2. The molecule has 0 saturated carbocycles. The highest BCUT2D eigenvalue weighted by Crippen LogP contribution is 2.16. The van der Waals surface area contributed by atoms with Crippen molar-refractivity contribution >= 4 is 0 Å². The highest BCUT2D eigenvalue weighted by Gasteiger charge is 2.03. The number of pyridine rings is 2. The smallest absolute Gasteiger partial charge is 0.0372 e. The fourth-order valence-electron chi connectivity index (χ4n) is 3.86. The number of hydrogen-bond donors (Lipinski definition) is 0. The Bertz CT molecular complexity index is 958. The van der Waals surface area contributed by atoms with Gasteiger partial charge in [0.1, 0.15) is 0 Å². The molecule has 210 valence electrons. The van der Waals surface area contributed by atoms with E-state index in [-0.39, 0.29) is 0 Å². The molecule has 2 heterocycles. The molecule has 0 fully saturated rings. The zero-order chi connectivity index (χ0) is 28.3. The number of hydrogen-bond acceptors (Lipinski definition) is 3. The zero-order valence-corrected chi connectivity index (χ0v) is 25.9. The summed E-state index contributed by atoms with van der Waals surface area (Å²) in [6, 6.07) is 17.3. The van der Waals surface area contributed by atoms with Gasteiger partial charge in [0, 0.05) is 30.8 Å². The van der Waals surface area contributed by atoms with Crippen molar-refractivity contribution in [3.8, 4) is 0 Å². The Labute approximate surface area is 235 Å². The monoisotopic (exact) mass is 517 g/mol. The van der Waals surface area contributed by atoms with Crippen molar-refractivity contribution in [2.45, 2.75) is 100 Å². The number of nitrogens with zero attached hydrogens (tertiary/aromatic N) is 3. The van der Waals surface area contributed by atoms with Gasteiger partial charge in [0.05, 0.1) is 0 Å². The third kappa shape index (κ3) is 15.7. The van der Waals surface area contributed by atoms with Crippen LogP contribution in [0.15, 0.2) is 67.1 Å². The molecule has 0 atom stereocenters. The topological polar surface area (TPSA) is 29.0 Å². The van der Waals surface area contributed by atoms with Crippen LogP contribution in [-0.2, 0) is 19.4 Å². The molecule has 0 N–H and O–H groups in total. The molecule has 38 heavy (non-hydrogen) atoms. The predicted octanol–water partition coefficient (Wildman–Crippen LogP) is 9.30. The van der Waals surface area contributed by atoms with E-state index in [9.17, 15) is 0 Å². The summed E-state index contributed by atoms with van der Waals surface area (Å²) < 4.78 is 0. The summed E-state index contributed by atoms with van der Waals surface area (Å²) in [6.07, 6.45) is 10.6. The van der Waals surface area contributed by atoms with Crippen LogP contribution < -0.4 is 0 Å². The molecule has 0 spiro atoms. The molecule has 3 aromatic rings. The Morgan fingerprint density at radius 3 is 1.79 bits per heavy atom. The largest absolute Gasteiger partial charge is 0.300 e. The molecule has 0 aliphatic heterocycles. The van der Waals surface area contributed by atoms with Crippen molar-refractivity contribution in [2.75, 3.05) is 13.1 Å². The summed E-state index contributed by atoms with van der Waals surface area (Å²) in [5, 5.41) is 0. The molecular formula is C35H55N3. The zero-order valence-electron chi connectivity index (χ0n) is 25.9. The van der Waals surface area contributed by atoms with Gasteiger partial charge >= 0.3 is 0 Å². The molecule has 3 rings (SSSR count). The third-order valence-electron chi connectivity index (χ3n) is 6.63. The molecule has 3 nitrogen and oxygen atoms in total. The fraction of sp³-hybridized carbons (Fsp3) is 0.543. The lowest BCUT2D eigenvalue weighted by atomic mass is 10.0. The average molecular weight is 518 g/mol. The lowest BCUT2D eigenvalue weighted by Gasteiger charge is -2.18. The van der Waals surface area contributed by atoms with Crippen molar-refractivity contribution in [1.82, 2.24) is 14.9 Å². The van der Waals surface area contributed by atoms with Crippen LogP contribution in [0.1, 0.15) is 102 Å². The minimum absolute atomic E-state index is 0.627. The van der Waals surface area contributed by atoms with Gasteiger partial charge in [-0.15, -0.1) is 0 Å². The van der Waals surface area contributed by atoms with Crippen molar-refractivity contribution < 1.29 is 0 Å². The van der Waals surface area contributed by atoms with Gasteiger partial charge in [-0.3, -0.25) is 14.9 Å². The van der Waals surface area contributed by atoms with Crippen molar-refractivity contribution in [1.29, 1.82) is 0 Å². The second-order valence-electron chi connectivity index (χ2n) is 11.4. The average Bonchev–Trinajstić information content (AvgIpc) is 2.91. The standard InChI is InChI=1S/C14H23N.C11H17N.C10H15N/c1-5-15(6-2)11-13-8-7-9-14(10-13)12(3)4;1-9(2)4-6-11-7-5-10(3)12-8-11;1-9(2)5-6-10-4-3-7-11-8-10/h7-10,12H,5-6,11H2,1-4H3;5,7-9H,4,6H2,1-3H3;3-4,7-9H,5-6H2,1-2H3. The molecule has 0 amide bonds. The summed E-state index contributed by atoms with van der Waals surface area (Å²) in [6.45, 7) is 23.3. The molecule has 0 radical (unpaired) electrons. The van der Waals surface area contributed by atoms with Crippen LogP contribution in [0, 0.1) is 18.8 Å². The quantitative estimate of drug-likeness (QED) is 0.254. The first-order chi connectivity index (χ1) is 18.1. The van der Waals surface area contributed by atoms with Gasteiger partial charge in [-0.1, -0.05) is 91.8 Å². The molecule has 0 aliphatic carbocycles. The molecule has 0 unspecified atom stereocenters. The van der Waals surface area contributed by atoms with Crippen LogP contribution in [0.5, 0.6) is 0 Å². The van der Waals surface area contributed by atoms with Crippen molar-refractivity contribution in [3.05, 3.63) is 95.1 Å². The van der Waals surface area contributed by atoms with Gasteiger partial charge in [-0.25, -0.2) is 0 Å². The molecular weight excluding hydrogens is 462 g/mol. The lowest BCUT2D eigenvalue weighted by molar-refractivity contribution is 0.296. The van der Waals surface area contributed by atoms with Crippen LogP contribution in [-0.4, -0.2) is 28.0 Å². The summed E-state index contributed by atoms with van der Waals surface area (Å²) in [5.74, 6) is 2.20. The summed E-state index contributed by atoms with van der Waals surface area (Å²) in [5.41, 5.74) is 6.68. The number of rotatable bonds is 11. The fourth-order valence-corrected chi connectivity index (χ4v) is 3.86. The van der Waals surface area contributed by atoms with E-state index in [4.69, 9.17) is 0 Å². The number of benzene rings is 1. The van der Waals surface area contributed by atoms with E-state index in [1.54, 1.807) is 0 Å².